The highest BCUT2D eigenvalue weighted by atomic mass is 32.2. The summed E-state index contributed by atoms with van der Waals surface area (Å²) in [5.74, 6) is 0.410. The number of hydrogen-bond donors (Lipinski definition) is 0. The van der Waals surface area contributed by atoms with Gasteiger partial charge in [0.1, 0.15) is 11.4 Å². The van der Waals surface area contributed by atoms with Gasteiger partial charge in [-0.05, 0) is 45.4 Å². The first-order valence-electron chi connectivity index (χ1n) is 6.17. The molecule has 0 spiro atoms. The molecular formula is C13H22FNO2S. The van der Waals surface area contributed by atoms with E-state index in [0.717, 1.165) is 5.57 Å². The van der Waals surface area contributed by atoms with Crippen molar-refractivity contribution in [2.24, 2.45) is 0 Å². The van der Waals surface area contributed by atoms with Gasteiger partial charge in [0, 0.05) is 18.8 Å². The van der Waals surface area contributed by atoms with Gasteiger partial charge in [0.05, 0.1) is 0 Å². The van der Waals surface area contributed by atoms with Crippen molar-refractivity contribution in [3.05, 3.63) is 11.4 Å². The number of rotatable bonds is 2. The summed E-state index contributed by atoms with van der Waals surface area (Å²) in [6.07, 6.45) is 2.82. The number of halogens is 1. The van der Waals surface area contributed by atoms with E-state index < -0.39 is 5.60 Å². The van der Waals surface area contributed by atoms with E-state index in [1.165, 1.54) is 11.8 Å². The molecule has 1 amide bonds. The Kier molecular flexibility index (Phi) is 5.50. The van der Waals surface area contributed by atoms with Gasteiger partial charge in [0.2, 0.25) is 0 Å². The van der Waals surface area contributed by atoms with Crippen LogP contribution in [0.15, 0.2) is 11.4 Å². The maximum absolute atomic E-state index is 13.6. The summed E-state index contributed by atoms with van der Waals surface area (Å²) >= 11 is 1.48. The molecule has 0 bridgehead atoms. The second kappa shape index (κ2) is 6.45. The first-order valence-corrected chi connectivity index (χ1v) is 7.56. The summed E-state index contributed by atoms with van der Waals surface area (Å²) in [4.78, 5) is 13.5. The molecule has 1 aliphatic heterocycles. The minimum atomic E-state index is -0.475. The number of carbonyl (C=O) groups is 1. The second-order valence-corrected chi connectivity index (χ2v) is 6.27. The maximum atomic E-state index is 13.6. The van der Waals surface area contributed by atoms with Crippen LogP contribution in [-0.4, -0.2) is 41.7 Å². The standard InChI is InChI=1S/C13H22FNO2S/c1-13(2,3)17-12(16)15-7-5-10(6-8-15)11(14)9-18-4/h5-9H2,1-4H3. The van der Waals surface area contributed by atoms with Crippen molar-refractivity contribution in [1.82, 2.24) is 4.90 Å². The summed E-state index contributed by atoms with van der Waals surface area (Å²) in [5, 5.41) is 0. The molecule has 0 aliphatic carbocycles. The second-order valence-electron chi connectivity index (χ2n) is 5.41. The molecule has 0 radical (unpaired) electrons. The highest BCUT2D eigenvalue weighted by Gasteiger charge is 2.25. The molecule has 1 aliphatic rings. The van der Waals surface area contributed by atoms with E-state index in [0.29, 0.717) is 31.7 Å². The monoisotopic (exact) mass is 275 g/mol. The molecule has 0 atom stereocenters. The van der Waals surface area contributed by atoms with Crippen LogP contribution in [0.4, 0.5) is 9.18 Å². The molecule has 0 aromatic rings. The lowest BCUT2D eigenvalue weighted by atomic mass is 10.0. The van der Waals surface area contributed by atoms with E-state index in [4.69, 9.17) is 4.74 Å². The summed E-state index contributed by atoms with van der Waals surface area (Å²) in [7, 11) is 0. The number of piperidine rings is 1. The SMILES string of the molecule is CSCC(F)=C1CCN(C(=O)OC(C)(C)C)CC1. The molecule has 5 heteroatoms. The third-order valence-corrected chi connectivity index (χ3v) is 3.22. The molecule has 0 unspecified atom stereocenters. The van der Waals surface area contributed by atoms with E-state index >= 15 is 0 Å². The molecule has 0 aromatic heterocycles. The molecular weight excluding hydrogens is 253 g/mol. The molecule has 0 saturated carbocycles. The fourth-order valence-corrected chi connectivity index (χ4v) is 2.24. The largest absolute Gasteiger partial charge is 0.444 e. The fourth-order valence-electron chi connectivity index (χ4n) is 1.79. The minimum absolute atomic E-state index is 0.0219. The van der Waals surface area contributed by atoms with Crippen LogP contribution < -0.4 is 0 Å². The zero-order valence-electron chi connectivity index (χ0n) is 11.6. The number of hydrogen-bond acceptors (Lipinski definition) is 3. The van der Waals surface area contributed by atoms with Crippen LogP contribution in [-0.2, 0) is 4.74 Å². The average Bonchev–Trinajstić information content (AvgIpc) is 2.27. The van der Waals surface area contributed by atoms with Gasteiger partial charge in [-0.25, -0.2) is 9.18 Å². The zero-order valence-corrected chi connectivity index (χ0v) is 12.4. The third-order valence-electron chi connectivity index (χ3n) is 2.67. The van der Waals surface area contributed by atoms with Crippen LogP contribution >= 0.6 is 11.8 Å². The Morgan fingerprint density at radius 1 is 1.39 bits per heavy atom. The smallest absolute Gasteiger partial charge is 0.410 e. The Morgan fingerprint density at radius 3 is 2.39 bits per heavy atom. The van der Waals surface area contributed by atoms with Crippen LogP contribution in [0.5, 0.6) is 0 Å². The molecule has 1 heterocycles. The van der Waals surface area contributed by atoms with Crippen LogP contribution in [0, 0.1) is 0 Å². The van der Waals surface area contributed by atoms with Crippen LogP contribution in [0.25, 0.3) is 0 Å². The molecule has 3 nitrogen and oxygen atoms in total. The molecule has 1 saturated heterocycles. The number of amides is 1. The van der Waals surface area contributed by atoms with Gasteiger partial charge in [0.15, 0.2) is 0 Å². The topological polar surface area (TPSA) is 29.5 Å². The van der Waals surface area contributed by atoms with Gasteiger partial charge in [-0.2, -0.15) is 11.8 Å². The summed E-state index contributed by atoms with van der Waals surface area (Å²) < 4.78 is 18.9. The molecule has 0 aromatic carbocycles. The third kappa shape index (κ3) is 4.88. The molecule has 1 rings (SSSR count). The lowest BCUT2D eigenvalue weighted by Gasteiger charge is -2.31. The van der Waals surface area contributed by atoms with Gasteiger partial charge in [0.25, 0.3) is 0 Å². The van der Waals surface area contributed by atoms with Gasteiger partial charge < -0.3 is 9.64 Å². The van der Waals surface area contributed by atoms with Crippen molar-refractivity contribution in [2.45, 2.75) is 39.2 Å². The lowest BCUT2D eigenvalue weighted by molar-refractivity contribution is 0.0235. The van der Waals surface area contributed by atoms with Crippen molar-refractivity contribution in [3.8, 4) is 0 Å². The Balaban J connectivity index is 2.49. The van der Waals surface area contributed by atoms with Crippen molar-refractivity contribution in [1.29, 1.82) is 0 Å². The van der Waals surface area contributed by atoms with Crippen LogP contribution in [0.2, 0.25) is 0 Å². The molecule has 18 heavy (non-hydrogen) atoms. The van der Waals surface area contributed by atoms with E-state index in [-0.39, 0.29) is 11.9 Å². The number of likely N-dealkylation sites (tertiary alicyclic amines) is 1. The van der Waals surface area contributed by atoms with Gasteiger partial charge in [-0.15, -0.1) is 0 Å². The van der Waals surface area contributed by atoms with E-state index in [2.05, 4.69) is 0 Å². The number of ether oxygens (including phenoxy) is 1. The number of nitrogens with zero attached hydrogens (tertiary/aromatic N) is 1. The first kappa shape index (κ1) is 15.3. The molecule has 104 valence electrons. The van der Waals surface area contributed by atoms with E-state index in [9.17, 15) is 9.18 Å². The van der Waals surface area contributed by atoms with E-state index in [1.807, 2.05) is 27.0 Å². The minimum Gasteiger partial charge on any atom is -0.444 e. The lowest BCUT2D eigenvalue weighted by Crippen LogP contribution is -2.40. The van der Waals surface area contributed by atoms with Crippen molar-refractivity contribution < 1.29 is 13.9 Å². The summed E-state index contributed by atoms with van der Waals surface area (Å²) in [5.41, 5.74) is 0.376. The Hall–Kier alpha value is -0.710. The summed E-state index contributed by atoms with van der Waals surface area (Å²) in [6.45, 7) is 6.63. The Bertz CT molecular complexity index is 326. The predicted molar refractivity (Wildman–Crippen MR) is 73.6 cm³/mol. The van der Waals surface area contributed by atoms with Crippen molar-refractivity contribution in [2.75, 3.05) is 25.1 Å². The van der Waals surface area contributed by atoms with Crippen molar-refractivity contribution in [3.63, 3.8) is 0 Å². The van der Waals surface area contributed by atoms with E-state index in [1.54, 1.807) is 4.90 Å². The van der Waals surface area contributed by atoms with Crippen molar-refractivity contribution >= 4 is 17.9 Å². The average molecular weight is 275 g/mol. The quantitative estimate of drug-likeness (QED) is 0.771. The van der Waals surface area contributed by atoms with Gasteiger partial charge in [-0.3, -0.25) is 0 Å². The molecule has 1 fully saturated rings. The number of carbonyl (C=O) groups excluding carboxylic acids is 1. The summed E-state index contributed by atoms with van der Waals surface area (Å²) in [6, 6.07) is 0. The van der Waals surface area contributed by atoms with Crippen LogP contribution in [0.1, 0.15) is 33.6 Å². The first-order chi connectivity index (χ1) is 8.33. The normalized spacial score (nSPS) is 16.7. The predicted octanol–water partition coefficient (Wildman–Crippen LogP) is 3.60. The number of thioether (sulfide) groups is 1. The van der Waals surface area contributed by atoms with Crippen LogP contribution in [0.3, 0.4) is 0 Å². The van der Waals surface area contributed by atoms with Gasteiger partial charge >= 0.3 is 6.09 Å². The molecule has 0 N–H and O–H groups in total. The Morgan fingerprint density at radius 2 is 1.94 bits per heavy atom. The Labute approximate surface area is 113 Å². The fraction of sp³-hybridized carbons (Fsp3) is 0.769. The zero-order chi connectivity index (χ0) is 13.8. The van der Waals surface area contributed by atoms with Gasteiger partial charge in [-0.1, -0.05) is 0 Å². The highest BCUT2D eigenvalue weighted by molar-refractivity contribution is 7.98. The maximum Gasteiger partial charge on any atom is 0.410 e. The highest BCUT2D eigenvalue weighted by Crippen LogP contribution is 2.23.